The van der Waals surface area contributed by atoms with Gasteiger partial charge in [-0.05, 0) is 49.8 Å². The Balaban J connectivity index is 2.06. The van der Waals surface area contributed by atoms with Gasteiger partial charge in [0.2, 0.25) is 0 Å². The van der Waals surface area contributed by atoms with Crippen molar-refractivity contribution in [3.05, 3.63) is 29.8 Å². The van der Waals surface area contributed by atoms with Crippen LogP contribution < -0.4 is 4.90 Å². The van der Waals surface area contributed by atoms with Gasteiger partial charge in [-0.2, -0.15) is 0 Å². The van der Waals surface area contributed by atoms with Crippen LogP contribution in [0.4, 0.5) is 5.69 Å². The van der Waals surface area contributed by atoms with Crippen LogP contribution >= 0.6 is 0 Å². The lowest BCUT2D eigenvalue weighted by atomic mass is 10.0. The van der Waals surface area contributed by atoms with E-state index < -0.39 is 0 Å². The van der Waals surface area contributed by atoms with E-state index in [9.17, 15) is 5.11 Å². The van der Waals surface area contributed by atoms with Crippen molar-refractivity contribution in [2.75, 3.05) is 18.0 Å². The van der Waals surface area contributed by atoms with Gasteiger partial charge in [-0.25, -0.2) is 0 Å². The number of benzene rings is 1. The second-order valence-corrected chi connectivity index (χ2v) is 5.29. The number of anilines is 1. The number of aliphatic hydroxyl groups is 1. The third-order valence-electron chi connectivity index (χ3n) is 3.76. The van der Waals surface area contributed by atoms with Crippen LogP contribution in [0.2, 0.25) is 0 Å². The Bertz CT molecular complexity index is 344. The minimum atomic E-state index is -0.367. The lowest BCUT2D eigenvalue weighted by Crippen LogP contribution is -2.24. The molecule has 1 N–H and O–H groups in total. The summed E-state index contributed by atoms with van der Waals surface area (Å²) >= 11 is 0. The summed E-state index contributed by atoms with van der Waals surface area (Å²) in [7, 11) is 0. The molecule has 1 heterocycles. The van der Waals surface area contributed by atoms with Gasteiger partial charge in [0.1, 0.15) is 0 Å². The van der Waals surface area contributed by atoms with Crippen LogP contribution in [0, 0.1) is 5.92 Å². The molecule has 1 fully saturated rings. The van der Waals surface area contributed by atoms with Crippen molar-refractivity contribution in [3.8, 4) is 0 Å². The van der Waals surface area contributed by atoms with Crippen LogP contribution in [-0.4, -0.2) is 18.2 Å². The van der Waals surface area contributed by atoms with Crippen LogP contribution in [0.25, 0.3) is 0 Å². The Morgan fingerprint density at radius 3 is 2.53 bits per heavy atom. The summed E-state index contributed by atoms with van der Waals surface area (Å²) < 4.78 is 0. The molecule has 1 aromatic rings. The summed E-state index contributed by atoms with van der Waals surface area (Å²) in [5, 5.41) is 9.49. The van der Waals surface area contributed by atoms with Gasteiger partial charge in [0.05, 0.1) is 6.10 Å². The van der Waals surface area contributed by atoms with Gasteiger partial charge in [-0.15, -0.1) is 0 Å². The molecule has 1 aliphatic heterocycles. The highest BCUT2D eigenvalue weighted by atomic mass is 16.3. The van der Waals surface area contributed by atoms with E-state index in [2.05, 4.69) is 24.0 Å². The summed E-state index contributed by atoms with van der Waals surface area (Å²) in [6, 6.07) is 8.35. The van der Waals surface area contributed by atoms with E-state index in [0.717, 1.165) is 18.0 Å². The zero-order valence-corrected chi connectivity index (χ0v) is 10.9. The Hall–Kier alpha value is -1.02. The minimum Gasteiger partial charge on any atom is -0.389 e. The van der Waals surface area contributed by atoms with E-state index in [0.29, 0.717) is 0 Å². The Morgan fingerprint density at radius 1 is 1.18 bits per heavy atom. The highest BCUT2D eigenvalue weighted by Gasteiger charge is 2.14. The second kappa shape index (κ2) is 5.54. The Kier molecular flexibility index (Phi) is 4.06. The molecular weight excluding hydrogens is 210 g/mol. The van der Waals surface area contributed by atoms with E-state index in [1.54, 1.807) is 0 Å². The van der Waals surface area contributed by atoms with Crippen LogP contribution in [0.3, 0.4) is 0 Å². The van der Waals surface area contributed by atoms with Crippen LogP contribution in [0.1, 0.15) is 44.8 Å². The van der Waals surface area contributed by atoms with Gasteiger partial charge < -0.3 is 10.0 Å². The van der Waals surface area contributed by atoms with E-state index in [1.807, 2.05) is 19.1 Å². The predicted molar refractivity (Wildman–Crippen MR) is 72.3 cm³/mol. The van der Waals surface area contributed by atoms with Gasteiger partial charge in [0.25, 0.3) is 0 Å². The summed E-state index contributed by atoms with van der Waals surface area (Å²) in [5.41, 5.74) is 2.29. The molecular formula is C15H23NO. The molecule has 2 atom stereocenters. The molecule has 1 aliphatic rings. The molecule has 94 valence electrons. The van der Waals surface area contributed by atoms with E-state index in [4.69, 9.17) is 0 Å². The maximum absolute atomic E-state index is 9.49. The fourth-order valence-electron chi connectivity index (χ4n) is 2.48. The minimum absolute atomic E-state index is 0.367. The third-order valence-corrected chi connectivity index (χ3v) is 3.76. The van der Waals surface area contributed by atoms with Gasteiger partial charge in [-0.3, -0.25) is 0 Å². The molecule has 0 radical (unpaired) electrons. The number of nitrogens with zero attached hydrogens (tertiary/aromatic N) is 1. The second-order valence-electron chi connectivity index (χ2n) is 5.29. The molecule has 0 aliphatic carbocycles. The number of aliphatic hydroxyl groups excluding tert-OH is 1. The van der Waals surface area contributed by atoms with Crippen molar-refractivity contribution in [2.45, 2.75) is 39.2 Å². The smallest absolute Gasteiger partial charge is 0.0761 e. The van der Waals surface area contributed by atoms with Crippen molar-refractivity contribution < 1.29 is 5.11 Å². The van der Waals surface area contributed by atoms with Gasteiger partial charge >= 0.3 is 0 Å². The van der Waals surface area contributed by atoms with Gasteiger partial charge in [-0.1, -0.05) is 19.1 Å². The number of hydrogen-bond donors (Lipinski definition) is 1. The predicted octanol–water partition coefficient (Wildman–Crippen LogP) is 3.37. The van der Waals surface area contributed by atoms with E-state index >= 15 is 0 Å². The number of hydrogen-bond acceptors (Lipinski definition) is 2. The first kappa shape index (κ1) is 12.4. The molecule has 0 saturated carbocycles. The molecule has 2 nitrogen and oxygen atoms in total. The highest BCUT2D eigenvalue weighted by molar-refractivity contribution is 5.48. The summed E-state index contributed by atoms with van der Waals surface area (Å²) in [5.74, 6) is 0.858. The fourth-order valence-corrected chi connectivity index (χ4v) is 2.48. The molecule has 0 bridgehead atoms. The van der Waals surface area contributed by atoms with Gasteiger partial charge in [0.15, 0.2) is 0 Å². The summed E-state index contributed by atoms with van der Waals surface area (Å²) in [6.45, 7) is 6.48. The maximum atomic E-state index is 9.49. The molecule has 2 heteroatoms. The van der Waals surface area contributed by atoms with Crippen LogP contribution in [-0.2, 0) is 0 Å². The van der Waals surface area contributed by atoms with Crippen molar-refractivity contribution in [1.82, 2.24) is 0 Å². The largest absolute Gasteiger partial charge is 0.389 e. The molecule has 0 amide bonds. The zero-order chi connectivity index (χ0) is 12.3. The highest BCUT2D eigenvalue weighted by Crippen LogP contribution is 2.23. The average molecular weight is 233 g/mol. The molecule has 0 aromatic heterocycles. The standard InChI is InChI=1S/C15H23NO/c1-12-4-3-10-16(11-9-12)15-7-5-14(6-8-15)13(2)17/h5-8,12-13,17H,3-4,9-11H2,1-2H3. The van der Waals surface area contributed by atoms with Crippen molar-refractivity contribution >= 4 is 5.69 Å². The lowest BCUT2D eigenvalue weighted by Gasteiger charge is -2.23. The SMILES string of the molecule is CC1CCCN(c2ccc(C(C)O)cc2)CC1. The average Bonchev–Trinajstić information content (AvgIpc) is 2.54. The van der Waals surface area contributed by atoms with E-state index in [1.165, 1.54) is 31.5 Å². The lowest BCUT2D eigenvalue weighted by molar-refractivity contribution is 0.199. The molecule has 0 spiro atoms. The van der Waals surface area contributed by atoms with Crippen LogP contribution in [0.5, 0.6) is 0 Å². The topological polar surface area (TPSA) is 23.5 Å². The first-order chi connectivity index (χ1) is 8.16. The third kappa shape index (κ3) is 3.22. The van der Waals surface area contributed by atoms with E-state index in [-0.39, 0.29) is 6.10 Å². The van der Waals surface area contributed by atoms with Crippen molar-refractivity contribution in [2.24, 2.45) is 5.92 Å². The monoisotopic (exact) mass is 233 g/mol. The maximum Gasteiger partial charge on any atom is 0.0761 e. The first-order valence-corrected chi connectivity index (χ1v) is 6.70. The quantitative estimate of drug-likeness (QED) is 0.846. The van der Waals surface area contributed by atoms with Crippen molar-refractivity contribution in [3.63, 3.8) is 0 Å². The fraction of sp³-hybridized carbons (Fsp3) is 0.600. The Morgan fingerprint density at radius 2 is 1.88 bits per heavy atom. The van der Waals surface area contributed by atoms with Crippen LogP contribution in [0.15, 0.2) is 24.3 Å². The molecule has 2 unspecified atom stereocenters. The normalized spacial score (nSPS) is 23.2. The van der Waals surface area contributed by atoms with Crippen molar-refractivity contribution in [1.29, 1.82) is 0 Å². The molecule has 1 saturated heterocycles. The summed E-state index contributed by atoms with van der Waals surface area (Å²) in [4.78, 5) is 2.47. The molecule has 1 aromatic carbocycles. The number of rotatable bonds is 2. The zero-order valence-electron chi connectivity index (χ0n) is 10.9. The Labute approximate surface area is 104 Å². The molecule has 17 heavy (non-hydrogen) atoms. The molecule has 2 rings (SSSR count). The summed E-state index contributed by atoms with van der Waals surface area (Å²) in [6.07, 6.45) is 3.56. The van der Waals surface area contributed by atoms with Gasteiger partial charge in [0, 0.05) is 18.8 Å². The first-order valence-electron chi connectivity index (χ1n) is 6.70.